The summed E-state index contributed by atoms with van der Waals surface area (Å²) >= 11 is 0. The van der Waals surface area contributed by atoms with Gasteiger partial charge in [0.25, 0.3) is 5.91 Å². The Kier molecular flexibility index (Phi) is 4.05. The normalized spacial score (nSPS) is 25.4. The first kappa shape index (κ1) is 15.5. The molecule has 2 atom stereocenters. The Morgan fingerprint density at radius 3 is 2.38 bits per heavy atom. The van der Waals surface area contributed by atoms with Gasteiger partial charge in [-0.1, -0.05) is 25.1 Å². The lowest BCUT2D eigenvalue weighted by Gasteiger charge is -2.26. The number of rotatable bonds is 4. The molecule has 1 saturated heterocycles. The number of methoxy groups -OCH3 is 1. The van der Waals surface area contributed by atoms with E-state index >= 15 is 0 Å². The van der Waals surface area contributed by atoms with Gasteiger partial charge in [0.1, 0.15) is 5.41 Å². The van der Waals surface area contributed by atoms with Crippen LogP contribution in [0.15, 0.2) is 18.2 Å². The molecule has 5 nitrogen and oxygen atoms in total. The van der Waals surface area contributed by atoms with E-state index in [1.807, 2.05) is 32.0 Å². The second kappa shape index (κ2) is 5.48. The van der Waals surface area contributed by atoms with E-state index in [2.05, 4.69) is 0 Å². The van der Waals surface area contributed by atoms with Crippen molar-refractivity contribution in [1.82, 2.24) is 0 Å². The molecule has 0 radical (unpaired) electrons. The zero-order chi connectivity index (χ0) is 15.8. The van der Waals surface area contributed by atoms with Crippen molar-refractivity contribution in [2.24, 2.45) is 5.41 Å². The van der Waals surface area contributed by atoms with Crippen molar-refractivity contribution in [3.8, 4) is 0 Å². The van der Waals surface area contributed by atoms with E-state index in [0.29, 0.717) is 6.42 Å². The molecule has 0 aliphatic carbocycles. The number of aryl methyl sites for hydroxylation is 2. The van der Waals surface area contributed by atoms with Crippen LogP contribution in [-0.2, 0) is 14.3 Å². The van der Waals surface area contributed by atoms with E-state index in [1.54, 1.807) is 11.8 Å². The number of carbonyl (C=O) groups excluding carboxylic acids is 1. The van der Waals surface area contributed by atoms with Crippen LogP contribution < -0.4 is 4.90 Å². The Balaban J connectivity index is 2.54. The highest BCUT2D eigenvalue weighted by atomic mass is 16.5. The number of nitrogens with zero attached hydrogens (tertiary/aromatic N) is 1. The molecule has 1 amide bonds. The zero-order valence-electron chi connectivity index (χ0n) is 12.8. The Morgan fingerprint density at radius 2 is 2.00 bits per heavy atom. The highest BCUT2D eigenvalue weighted by Gasteiger charge is 2.57. The maximum atomic E-state index is 12.7. The van der Waals surface area contributed by atoms with E-state index in [1.165, 1.54) is 7.11 Å². The maximum Gasteiger partial charge on any atom is 0.314 e. The smallest absolute Gasteiger partial charge is 0.314 e. The van der Waals surface area contributed by atoms with Crippen LogP contribution in [0.5, 0.6) is 0 Å². The molecule has 1 N–H and O–H groups in total. The number of ether oxygens (including phenoxy) is 1. The van der Waals surface area contributed by atoms with Crippen molar-refractivity contribution < 1.29 is 19.4 Å². The van der Waals surface area contributed by atoms with E-state index in [9.17, 15) is 14.7 Å². The zero-order valence-corrected chi connectivity index (χ0v) is 12.8. The third-order valence-electron chi connectivity index (χ3n) is 4.43. The number of anilines is 1. The quantitative estimate of drug-likeness (QED) is 0.923. The van der Waals surface area contributed by atoms with Gasteiger partial charge in [-0.25, -0.2) is 0 Å². The molecule has 1 fully saturated rings. The Bertz CT molecular complexity index is 563. The lowest BCUT2D eigenvalue weighted by molar-refractivity contribution is -0.158. The molecule has 0 aromatic heterocycles. The molecular weight excluding hydrogens is 270 g/mol. The number of carbonyl (C=O) groups is 2. The van der Waals surface area contributed by atoms with Crippen LogP contribution in [0.2, 0.25) is 0 Å². The third kappa shape index (κ3) is 2.21. The molecular formula is C16H21NO4. The van der Waals surface area contributed by atoms with Crippen molar-refractivity contribution in [2.75, 3.05) is 18.6 Å². The SMILES string of the molecule is CC[C@]1(C(=O)O)CN(c2c(C)cccc2C)C(=O)[C@H]1OC. The van der Waals surface area contributed by atoms with Gasteiger partial charge in [0, 0.05) is 19.3 Å². The fourth-order valence-corrected chi connectivity index (χ4v) is 3.20. The van der Waals surface area contributed by atoms with Crippen molar-refractivity contribution in [1.29, 1.82) is 0 Å². The number of hydrogen-bond donors (Lipinski definition) is 1. The largest absolute Gasteiger partial charge is 0.481 e. The molecule has 114 valence electrons. The molecule has 1 aliphatic rings. The lowest BCUT2D eigenvalue weighted by atomic mass is 9.82. The molecule has 0 unspecified atom stereocenters. The molecule has 1 aromatic rings. The van der Waals surface area contributed by atoms with Gasteiger partial charge >= 0.3 is 5.97 Å². The number of aliphatic carboxylic acids is 1. The maximum absolute atomic E-state index is 12.7. The highest BCUT2D eigenvalue weighted by molar-refractivity contribution is 6.05. The minimum Gasteiger partial charge on any atom is -0.481 e. The van der Waals surface area contributed by atoms with Gasteiger partial charge in [-0.05, 0) is 31.4 Å². The molecule has 2 rings (SSSR count). The minimum absolute atomic E-state index is 0.141. The summed E-state index contributed by atoms with van der Waals surface area (Å²) in [6, 6.07) is 5.76. The predicted octanol–water partition coefficient (Wildman–Crippen LogP) is 2.15. The minimum atomic E-state index is -1.19. The summed E-state index contributed by atoms with van der Waals surface area (Å²) in [6.45, 7) is 5.76. The van der Waals surface area contributed by atoms with E-state index in [-0.39, 0.29) is 12.5 Å². The number of carboxylic acids is 1. The van der Waals surface area contributed by atoms with Crippen molar-refractivity contribution in [2.45, 2.75) is 33.3 Å². The molecule has 5 heteroatoms. The highest BCUT2D eigenvalue weighted by Crippen LogP contribution is 2.41. The van der Waals surface area contributed by atoms with Gasteiger partial charge in [-0.15, -0.1) is 0 Å². The molecule has 1 aliphatic heterocycles. The van der Waals surface area contributed by atoms with E-state index < -0.39 is 17.5 Å². The van der Waals surface area contributed by atoms with Crippen LogP contribution in [0.4, 0.5) is 5.69 Å². The monoisotopic (exact) mass is 291 g/mol. The van der Waals surface area contributed by atoms with Crippen LogP contribution in [0.3, 0.4) is 0 Å². The molecule has 0 spiro atoms. The van der Waals surface area contributed by atoms with Crippen LogP contribution in [-0.4, -0.2) is 36.7 Å². The van der Waals surface area contributed by atoms with Gasteiger partial charge in [-0.3, -0.25) is 9.59 Å². The summed E-state index contributed by atoms with van der Waals surface area (Å²) in [4.78, 5) is 26.0. The molecule has 1 aromatic carbocycles. The Hall–Kier alpha value is -1.88. The summed E-state index contributed by atoms with van der Waals surface area (Å²) in [7, 11) is 1.39. The lowest BCUT2D eigenvalue weighted by Crippen LogP contribution is -2.43. The van der Waals surface area contributed by atoms with Gasteiger partial charge in [0.2, 0.25) is 0 Å². The van der Waals surface area contributed by atoms with Crippen LogP contribution in [0.1, 0.15) is 24.5 Å². The van der Waals surface area contributed by atoms with Crippen LogP contribution in [0.25, 0.3) is 0 Å². The van der Waals surface area contributed by atoms with E-state index in [0.717, 1.165) is 16.8 Å². The molecule has 0 saturated carbocycles. The van der Waals surface area contributed by atoms with E-state index in [4.69, 9.17) is 4.74 Å². The summed E-state index contributed by atoms with van der Waals surface area (Å²) in [5, 5.41) is 9.63. The molecule has 0 bridgehead atoms. The van der Waals surface area contributed by atoms with Gasteiger partial charge in [-0.2, -0.15) is 0 Å². The summed E-state index contributed by atoms with van der Waals surface area (Å²) in [5.74, 6) is -1.27. The van der Waals surface area contributed by atoms with Crippen LogP contribution in [0, 0.1) is 19.3 Å². The van der Waals surface area contributed by atoms with Crippen molar-refractivity contribution in [3.63, 3.8) is 0 Å². The topological polar surface area (TPSA) is 66.8 Å². The van der Waals surface area contributed by atoms with Gasteiger partial charge in [0.15, 0.2) is 6.10 Å². The average Bonchev–Trinajstić information content (AvgIpc) is 2.72. The van der Waals surface area contributed by atoms with Crippen molar-refractivity contribution in [3.05, 3.63) is 29.3 Å². The third-order valence-corrected chi connectivity index (χ3v) is 4.43. The second-order valence-corrected chi connectivity index (χ2v) is 5.60. The van der Waals surface area contributed by atoms with Gasteiger partial charge < -0.3 is 14.7 Å². The first-order valence-corrected chi connectivity index (χ1v) is 7.02. The average molecular weight is 291 g/mol. The summed E-state index contributed by atoms with van der Waals surface area (Å²) in [6.07, 6.45) is -0.604. The number of carboxylic acid groups (broad SMARTS) is 1. The second-order valence-electron chi connectivity index (χ2n) is 5.60. The predicted molar refractivity (Wildman–Crippen MR) is 79.4 cm³/mol. The number of hydrogen-bond acceptors (Lipinski definition) is 3. The standard InChI is InChI=1S/C16H21NO4/c1-5-16(15(19)20)9-17(14(18)13(16)21-4)12-10(2)7-6-8-11(12)3/h6-8,13H,5,9H2,1-4H3,(H,19,20)/t13-,16+/m1/s1. The molecule has 21 heavy (non-hydrogen) atoms. The fourth-order valence-electron chi connectivity index (χ4n) is 3.20. The summed E-state index contributed by atoms with van der Waals surface area (Å²) in [5.41, 5.74) is 1.51. The van der Waals surface area contributed by atoms with Crippen molar-refractivity contribution >= 4 is 17.6 Å². The van der Waals surface area contributed by atoms with Gasteiger partial charge in [0.05, 0.1) is 0 Å². The Morgan fingerprint density at radius 1 is 1.43 bits per heavy atom. The number of amides is 1. The Labute approximate surface area is 124 Å². The molecule has 1 heterocycles. The summed E-state index contributed by atoms with van der Waals surface area (Å²) < 4.78 is 5.25. The van der Waals surface area contributed by atoms with Crippen LogP contribution >= 0.6 is 0 Å². The number of benzene rings is 1. The fraction of sp³-hybridized carbons (Fsp3) is 0.500. The first-order valence-electron chi connectivity index (χ1n) is 7.02. The first-order chi connectivity index (χ1) is 9.89. The number of para-hydroxylation sites is 1.